The number of nitrogens with zero attached hydrogens (tertiary/aromatic N) is 2. The molecule has 1 N–H and O–H groups in total. The van der Waals surface area contributed by atoms with Gasteiger partial charge in [-0.25, -0.2) is 13.4 Å². The summed E-state index contributed by atoms with van der Waals surface area (Å²) in [6.45, 7) is 3.79. The molecule has 2 aromatic heterocycles. The summed E-state index contributed by atoms with van der Waals surface area (Å²) in [4.78, 5) is 6.69. The summed E-state index contributed by atoms with van der Waals surface area (Å²) >= 11 is 2.75. The molecule has 0 amide bonds. The van der Waals surface area contributed by atoms with Crippen LogP contribution in [0, 0.1) is 13.8 Å². The average molecular weight is 332 g/mol. The molecule has 0 radical (unpaired) electrons. The van der Waals surface area contributed by atoms with Crippen LogP contribution in [0.1, 0.15) is 20.3 Å². The summed E-state index contributed by atoms with van der Waals surface area (Å²) in [6, 6.07) is 1.55. The molecule has 0 saturated heterocycles. The molecule has 0 aliphatic heterocycles. The summed E-state index contributed by atoms with van der Waals surface area (Å²) in [5, 5.41) is 9.12. The third-order valence-corrected chi connectivity index (χ3v) is 6.99. The molecule has 2 rings (SSSR count). The van der Waals surface area contributed by atoms with E-state index in [1.54, 1.807) is 25.5 Å². The van der Waals surface area contributed by atoms with Gasteiger partial charge in [0.2, 0.25) is 10.0 Å². The number of sulfonamides is 1. The van der Waals surface area contributed by atoms with Gasteiger partial charge >= 0.3 is 0 Å². The van der Waals surface area contributed by atoms with E-state index in [4.69, 9.17) is 5.11 Å². The molecule has 0 aromatic carbocycles. The van der Waals surface area contributed by atoms with Crippen LogP contribution < -0.4 is 0 Å². The predicted molar refractivity (Wildman–Crippen MR) is 80.5 cm³/mol. The monoisotopic (exact) mass is 332 g/mol. The fourth-order valence-corrected chi connectivity index (χ4v) is 5.30. The van der Waals surface area contributed by atoms with Gasteiger partial charge in [0.1, 0.15) is 0 Å². The second kappa shape index (κ2) is 5.90. The lowest BCUT2D eigenvalue weighted by Gasteiger charge is -2.16. The highest BCUT2D eigenvalue weighted by Crippen LogP contribution is 2.29. The van der Waals surface area contributed by atoms with Gasteiger partial charge in [-0.05, 0) is 19.9 Å². The lowest BCUT2D eigenvalue weighted by Crippen LogP contribution is -2.26. The summed E-state index contributed by atoms with van der Waals surface area (Å²) in [5.41, 5.74) is 2.57. The van der Waals surface area contributed by atoms with Crippen molar-refractivity contribution in [3.8, 4) is 0 Å². The topological polar surface area (TPSA) is 70.5 Å². The largest absolute Gasteiger partial charge is 0.391 e. The van der Waals surface area contributed by atoms with Crippen LogP contribution in [0.2, 0.25) is 0 Å². The molecule has 5 nitrogen and oxygen atoms in total. The van der Waals surface area contributed by atoms with E-state index in [1.807, 2.05) is 6.92 Å². The minimum Gasteiger partial charge on any atom is -0.391 e. The first kappa shape index (κ1) is 15.6. The minimum atomic E-state index is -3.54. The quantitative estimate of drug-likeness (QED) is 0.910. The molecule has 0 fully saturated rings. The van der Waals surface area contributed by atoms with Gasteiger partial charge in [0.15, 0.2) is 0 Å². The number of thiophene rings is 1. The zero-order valence-corrected chi connectivity index (χ0v) is 13.9. The van der Waals surface area contributed by atoms with Crippen molar-refractivity contribution in [3.63, 3.8) is 0 Å². The van der Waals surface area contributed by atoms with Gasteiger partial charge in [0.25, 0.3) is 0 Å². The third kappa shape index (κ3) is 2.94. The van der Waals surface area contributed by atoms with Gasteiger partial charge in [-0.1, -0.05) is 0 Å². The van der Waals surface area contributed by atoms with Crippen LogP contribution in [0.3, 0.4) is 0 Å². The molecular weight excluding hydrogens is 316 g/mol. The maximum absolute atomic E-state index is 12.6. The number of rotatable bonds is 5. The molecule has 2 aromatic rings. The molecule has 0 aliphatic rings. The van der Waals surface area contributed by atoms with E-state index in [0.29, 0.717) is 16.3 Å². The van der Waals surface area contributed by atoms with E-state index >= 15 is 0 Å². The maximum atomic E-state index is 12.6. The number of aliphatic hydroxyl groups is 1. The molecule has 0 unspecified atom stereocenters. The zero-order valence-electron chi connectivity index (χ0n) is 11.5. The van der Waals surface area contributed by atoms with Gasteiger partial charge < -0.3 is 5.11 Å². The highest BCUT2D eigenvalue weighted by Gasteiger charge is 2.25. The van der Waals surface area contributed by atoms with Crippen LogP contribution in [0.25, 0.3) is 0 Å². The highest BCUT2D eigenvalue weighted by atomic mass is 32.2. The van der Waals surface area contributed by atoms with E-state index in [-0.39, 0.29) is 11.5 Å². The predicted octanol–water partition coefficient (Wildman–Crippen LogP) is 2.13. The fraction of sp³-hybridized carbons (Fsp3) is 0.417. The second-order valence-corrected chi connectivity index (χ2v) is 8.71. The zero-order chi connectivity index (χ0) is 14.9. The van der Waals surface area contributed by atoms with E-state index in [0.717, 1.165) is 10.6 Å². The first-order chi connectivity index (χ1) is 9.36. The molecule has 0 atom stereocenters. The minimum absolute atomic E-state index is 0.140. The Morgan fingerprint density at radius 3 is 2.60 bits per heavy atom. The average Bonchev–Trinajstić information content (AvgIpc) is 2.96. The number of hydrogen-bond donors (Lipinski definition) is 1. The Bertz CT molecular complexity index is 703. The first-order valence-electron chi connectivity index (χ1n) is 5.91. The summed E-state index contributed by atoms with van der Waals surface area (Å²) in [5.74, 6) is 0. The SMILES string of the molecule is Cc1ncsc1CN(C)S(=O)(=O)c1cc(CO)sc1C. The number of aryl methyl sites for hydroxylation is 2. The Morgan fingerprint density at radius 2 is 2.10 bits per heavy atom. The van der Waals surface area contributed by atoms with Crippen LogP contribution in [0.15, 0.2) is 16.5 Å². The van der Waals surface area contributed by atoms with Gasteiger partial charge in [0, 0.05) is 28.2 Å². The van der Waals surface area contributed by atoms with Gasteiger partial charge in [-0.15, -0.1) is 22.7 Å². The first-order valence-corrected chi connectivity index (χ1v) is 9.05. The van der Waals surface area contributed by atoms with Crippen molar-refractivity contribution < 1.29 is 13.5 Å². The Balaban J connectivity index is 2.29. The Labute approximate surface area is 126 Å². The third-order valence-electron chi connectivity index (χ3n) is 2.98. The molecular formula is C12H16N2O3S3. The maximum Gasteiger partial charge on any atom is 0.244 e. The van der Waals surface area contributed by atoms with Crippen LogP contribution in [-0.2, 0) is 23.2 Å². The molecule has 8 heteroatoms. The molecule has 2 heterocycles. The Kier molecular flexibility index (Phi) is 4.60. The Hall–Kier alpha value is -0.800. The van der Waals surface area contributed by atoms with Gasteiger partial charge in [0.05, 0.1) is 22.7 Å². The van der Waals surface area contributed by atoms with E-state index < -0.39 is 10.0 Å². The van der Waals surface area contributed by atoms with Crippen molar-refractivity contribution in [2.45, 2.75) is 31.9 Å². The molecule has 20 heavy (non-hydrogen) atoms. The summed E-state index contributed by atoms with van der Waals surface area (Å²) in [7, 11) is -1.98. The summed E-state index contributed by atoms with van der Waals surface area (Å²) in [6.07, 6.45) is 0. The number of hydrogen-bond acceptors (Lipinski definition) is 6. The van der Waals surface area contributed by atoms with E-state index in [1.165, 1.54) is 27.0 Å². The molecule has 0 saturated carbocycles. The molecule has 0 aliphatic carbocycles. The van der Waals surface area contributed by atoms with Crippen LogP contribution in [-0.4, -0.2) is 29.9 Å². The standard InChI is InChI=1S/C12H16N2O3S3/c1-8-11(18-7-13-8)5-14(3)20(16,17)12-4-10(6-15)19-9(12)2/h4,7,15H,5-6H2,1-3H3. The number of aromatic nitrogens is 1. The van der Waals surface area contributed by atoms with Crippen LogP contribution >= 0.6 is 22.7 Å². The van der Waals surface area contributed by atoms with Crippen molar-refractivity contribution >= 4 is 32.7 Å². The lowest BCUT2D eigenvalue weighted by molar-refractivity contribution is 0.285. The lowest BCUT2D eigenvalue weighted by atomic mass is 10.4. The van der Waals surface area contributed by atoms with Crippen molar-refractivity contribution in [1.82, 2.24) is 9.29 Å². The summed E-state index contributed by atoms with van der Waals surface area (Å²) < 4.78 is 26.4. The molecule has 0 spiro atoms. The van der Waals surface area contributed by atoms with Crippen molar-refractivity contribution in [1.29, 1.82) is 0 Å². The van der Waals surface area contributed by atoms with Gasteiger partial charge in [-0.2, -0.15) is 4.31 Å². The smallest absolute Gasteiger partial charge is 0.244 e. The van der Waals surface area contributed by atoms with Gasteiger partial charge in [-0.3, -0.25) is 0 Å². The van der Waals surface area contributed by atoms with Crippen LogP contribution in [0.5, 0.6) is 0 Å². The normalized spacial score (nSPS) is 12.2. The molecule has 110 valence electrons. The number of aliphatic hydroxyl groups excluding tert-OH is 1. The second-order valence-electron chi connectivity index (χ2n) is 4.41. The fourth-order valence-electron chi connectivity index (χ4n) is 1.79. The highest BCUT2D eigenvalue weighted by molar-refractivity contribution is 7.89. The van der Waals surface area contributed by atoms with Crippen molar-refractivity contribution in [2.75, 3.05) is 7.05 Å². The van der Waals surface area contributed by atoms with Crippen molar-refractivity contribution in [2.24, 2.45) is 0 Å². The number of thiazole rings is 1. The Morgan fingerprint density at radius 1 is 1.40 bits per heavy atom. The van der Waals surface area contributed by atoms with E-state index in [2.05, 4.69) is 4.98 Å². The molecule has 0 bridgehead atoms. The van der Waals surface area contributed by atoms with Crippen LogP contribution in [0.4, 0.5) is 0 Å². The van der Waals surface area contributed by atoms with Crippen molar-refractivity contribution in [3.05, 3.63) is 31.9 Å². The van der Waals surface area contributed by atoms with E-state index in [9.17, 15) is 8.42 Å².